The summed E-state index contributed by atoms with van der Waals surface area (Å²) in [6.07, 6.45) is 13.4. The number of imidazole rings is 1. The molecule has 1 unspecified atom stereocenters. The molecule has 0 bridgehead atoms. The van der Waals surface area contributed by atoms with E-state index >= 15 is 0 Å². The molecule has 0 spiro atoms. The number of nitrogens with one attached hydrogen (secondary N) is 1. The lowest BCUT2D eigenvalue weighted by Gasteiger charge is -2.14. The van der Waals surface area contributed by atoms with E-state index in [9.17, 15) is 0 Å². The summed E-state index contributed by atoms with van der Waals surface area (Å²) < 4.78 is 2.34. The maximum atomic E-state index is 4.27. The van der Waals surface area contributed by atoms with Crippen molar-refractivity contribution in [3.05, 3.63) is 18.2 Å². The molecule has 1 aliphatic carbocycles. The summed E-state index contributed by atoms with van der Waals surface area (Å²) in [7, 11) is 0. The number of hydrogen-bond acceptors (Lipinski definition) is 2. The van der Waals surface area contributed by atoms with Gasteiger partial charge in [-0.2, -0.15) is 0 Å². The second-order valence-electron chi connectivity index (χ2n) is 5.65. The highest BCUT2D eigenvalue weighted by atomic mass is 15.1. The standard InChI is InChI=1S/C15H27N3/c1-3-4-5-6-7-13(2)17-11-15-10-16-12-18(15)14-8-9-14/h10,12-14,17H,3-9,11H2,1-2H3. The number of nitrogens with zero attached hydrogens (tertiary/aromatic N) is 2. The molecule has 0 aliphatic heterocycles. The van der Waals surface area contributed by atoms with E-state index in [-0.39, 0.29) is 0 Å². The number of aromatic nitrogens is 2. The molecule has 0 radical (unpaired) electrons. The Morgan fingerprint density at radius 1 is 1.39 bits per heavy atom. The van der Waals surface area contributed by atoms with Crippen molar-refractivity contribution in [3.63, 3.8) is 0 Å². The minimum absolute atomic E-state index is 0.615. The van der Waals surface area contributed by atoms with Crippen molar-refractivity contribution < 1.29 is 0 Å². The molecule has 0 aromatic carbocycles. The Morgan fingerprint density at radius 3 is 2.94 bits per heavy atom. The molecule has 0 amide bonds. The molecule has 3 nitrogen and oxygen atoms in total. The fourth-order valence-corrected chi connectivity index (χ4v) is 2.41. The number of unbranched alkanes of at least 4 members (excludes halogenated alkanes) is 3. The van der Waals surface area contributed by atoms with Crippen molar-refractivity contribution in [2.45, 2.75) is 77.4 Å². The van der Waals surface area contributed by atoms with E-state index in [0.29, 0.717) is 6.04 Å². The molecule has 3 heteroatoms. The van der Waals surface area contributed by atoms with E-state index in [0.717, 1.165) is 12.6 Å². The van der Waals surface area contributed by atoms with Crippen molar-refractivity contribution in [2.24, 2.45) is 0 Å². The van der Waals surface area contributed by atoms with Crippen LogP contribution in [0.25, 0.3) is 0 Å². The van der Waals surface area contributed by atoms with Crippen LogP contribution in [0, 0.1) is 0 Å². The zero-order chi connectivity index (χ0) is 12.8. The molecule has 1 atom stereocenters. The highest BCUT2D eigenvalue weighted by molar-refractivity contribution is 5.03. The Bertz CT molecular complexity index is 341. The van der Waals surface area contributed by atoms with Gasteiger partial charge < -0.3 is 9.88 Å². The van der Waals surface area contributed by atoms with Gasteiger partial charge in [0.15, 0.2) is 0 Å². The maximum absolute atomic E-state index is 4.27. The summed E-state index contributed by atoms with van der Waals surface area (Å²) in [6.45, 7) is 5.52. The van der Waals surface area contributed by atoms with Crippen LogP contribution in [0.3, 0.4) is 0 Å². The Kier molecular flexibility index (Phi) is 5.24. The number of rotatable bonds is 9. The van der Waals surface area contributed by atoms with Gasteiger partial charge in [0.25, 0.3) is 0 Å². The number of hydrogen-bond donors (Lipinski definition) is 1. The van der Waals surface area contributed by atoms with E-state index in [2.05, 4.69) is 28.7 Å². The quantitative estimate of drug-likeness (QED) is 0.677. The Hall–Kier alpha value is -0.830. The molecule has 1 aromatic heterocycles. The summed E-state index contributed by atoms with van der Waals surface area (Å²) in [5.74, 6) is 0. The molecule has 1 aliphatic rings. The average Bonchev–Trinajstić information content (AvgIpc) is 3.11. The van der Waals surface area contributed by atoms with Gasteiger partial charge in [0.1, 0.15) is 0 Å². The SMILES string of the molecule is CCCCCCC(C)NCc1cncn1C1CC1. The van der Waals surface area contributed by atoms with Gasteiger partial charge in [0, 0.05) is 24.8 Å². The van der Waals surface area contributed by atoms with Crippen molar-refractivity contribution in [1.29, 1.82) is 0 Å². The first-order chi connectivity index (χ1) is 8.81. The Morgan fingerprint density at radius 2 is 2.22 bits per heavy atom. The fourth-order valence-electron chi connectivity index (χ4n) is 2.41. The largest absolute Gasteiger partial charge is 0.330 e. The topological polar surface area (TPSA) is 29.9 Å². The minimum atomic E-state index is 0.615. The van der Waals surface area contributed by atoms with Crippen molar-refractivity contribution >= 4 is 0 Å². The van der Waals surface area contributed by atoms with Gasteiger partial charge >= 0.3 is 0 Å². The zero-order valence-corrected chi connectivity index (χ0v) is 11.9. The van der Waals surface area contributed by atoms with Crippen LogP contribution in [0.2, 0.25) is 0 Å². The highest BCUT2D eigenvalue weighted by Gasteiger charge is 2.24. The third-order valence-corrected chi connectivity index (χ3v) is 3.81. The summed E-state index contributed by atoms with van der Waals surface area (Å²) in [6, 6.07) is 1.36. The van der Waals surface area contributed by atoms with Crippen LogP contribution in [0.15, 0.2) is 12.5 Å². The second-order valence-corrected chi connectivity index (χ2v) is 5.65. The average molecular weight is 249 g/mol. The molecule has 1 fully saturated rings. The van der Waals surface area contributed by atoms with E-state index in [1.807, 2.05) is 12.5 Å². The second kappa shape index (κ2) is 6.93. The van der Waals surface area contributed by atoms with Gasteiger partial charge in [-0.25, -0.2) is 4.98 Å². The highest BCUT2D eigenvalue weighted by Crippen LogP contribution is 2.35. The Balaban J connectivity index is 1.65. The lowest BCUT2D eigenvalue weighted by Crippen LogP contribution is -2.26. The van der Waals surface area contributed by atoms with Gasteiger partial charge in [-0.1, -0.05) is 32.6 Å². The third kappa shape index (κ3) is 4.13. The van der Waals surface area contributed by atoms with E-state index in [4.69, 9.17) is 0 Å². The molecule has 1 heterocycles. The lowest BCUT2D eigenvalue weighted by atomic mass is 10.1. The first-order valence-corrected chi connectivity index (χ1v) is 7.55. The van der Waals surface area contributed by atoms with Gasteiger partial charge in [0.05, 0.1) is 12.0 Å². The first kappa shape index (κ1) is 13.6. The van der Waals surface area contributed by atoms with Crippen molar-refractivity contribution in [2.75, 3.05) is 0 Å². The van der Waals surface area contributed by atoms with Crippen LogP contribution in [-0.2, 0) is 6.54 Å². The van der Waals surface area contributed by atoms with Crippen molar-refractivity contribution in [3.8, 4) is 0 Å². The predicted molar refractivity (Wildman–Crippen MR) is 75.6 cm³/mol. The molecule has 0 saturated heterocycles. The van der Waals surface area contributed by atoms with E-state index in [1.54, 1.807) is 0 Å². The summed E-state index contributed by atoms with van der Waals surface area (Å²) >= 11 is 0. The van der Waals surface area contributed by atoms with Gasteiger partial charge in [-0.15, -0.1) is 0 Å². The summed E-state index contributed by atoms with van der Waals surface area (Å²) in [5.41, 5.74) is 1.35. The first-order valence-electron chi connectivity index (χ1n) is 7.55. The van der Waals surface area contributed by atoms with Gasteiger partial charge in [-0.05, 0) is 26.2 Å². The molecular weight excluding hydrogens is 222 g/mol. The molecule has 18 heavy (non-hydrogen) atoms. The van der Waals surface area contributed by atoms with Crippen LogP contribution < -0.4 is 5.32 Å². The maximum Gasteiger partial charge on any atom is 0.0951 e. The van der Waals surface area contributed by atoms with Crippen LogP contribution in [-0.4, -0.2) is 15.6 Å². The monoisotopic (exact) mass is 249 g/mol. The molecule has 102 valence electrons. The third-order valence-electron chi connectivity index (χ3n) is 3.81. The lowest BCUT2D eigenvalue weighted by molar-refractivity contribution is 0.473. The van der Waals surface area contributed by atoms with E-state index in [1.165, 1.54) is 50.6 Å². The molecule has 1 saturated carbocycles. The predicted octanol–water partition coefficient (Wildman–Crippen LogP) is 3.67. The van der Waals surface area contributed by atoms with Gasteiger partial charge in [0.2, 0.25) is 0 Å². The zero-order valence-electron chi connectivity index (χ0n) is 11.9. The van der Waals surface area contributed by atoms with Gasteiger partial charge in [-0.3, -0.25) is 0 Å². The van der Waals surface area contributed by atoms with Crippen LogP contribution in [0.5, 0.6) is 0 Å². The van der Waals surface area contributed by atoms with Crippen LogP contribution in [0.4, 0.5) is 0 Å². The Labute approximate surface area is 111 Å². The fraction of sp³-hybridized carbons (Fsp3) is 0.800. The van der Waals surface area contributed by atoms with Crippen LogP contribution in [0.1, 0.15) is 70.5 Å². The molecule has 2 rings (SSSR count). The summed E-state index contributed by atoms with van der Waals surface area (Å²) in [4.78, 5) is 4.27. The molecule has 1 N–H and O–H groups in total. The smallest absolute Gasteiger partial charge is 0.0951 e. The van der Waals surface area contributed by atoms with Crippen molar-refractivity contribution in [1.82, 2.24) is 14.9 Å². The summed E-state index contributed by atoms with van der Waals surface area (Å²) in [5, 5.41) is 3.62. The van der Waals surface area contributed by atoms with E-state index < -0.39 is 0 Å². The van der Waals surface area contributed by atoms with Crippen LogP contribution >= 0.6 is 0 Å². The molecular formula is C15H27N3. The molecule has 1 aromatic rings. The normalized spacial score (nSPS) is 17.0. The minimum Gasteiger partial charge on any atom is -0.330 e.